The maximum absolute atomic E-state index is 9.34. The molecule has 3 aromatic rings. The van der Waals surface area contributed by atoms with Crippen LogP contribution < -0.4 is 5.32 Å². The van der Waals surface area contributed by atoms with Crippen LogP contribution in [0.2, 0.25) is 0 Å². The molecule has 0 bridgehead atoms. The lowest BCUT2D eigenvalue weighted by atomic mass is 9.88. The highest BCUT2D eigenvalue weighted by Gasteiger charge is 2.28. The van der Waals surface area contributed by atoms with E-state index in [9.17, 15) is 5.26 Å². The van der Waals surface area contributed by atoms with E-state index in [1.807, 2.05) is 35.9 Å². The van der Waals surface area contributed by atoms with Crippen molar-refractivity contribution in [3.8, 4) is 17.3 Å². The first kappa shape index (κ1) is 21.1. The normalized spacial score (nSPS) is 20.4. The van der Waals surface area contributed by atoms with E-state index in [2.05, 4.69) is 50.9 Å². The predicted molar refractivity (Wildman–Crippen MR) is 134 cm³/mol. The fraction of sp³-hybridized carbons (Fsp3) is 0.393. The van der Waals surface area contributed by atoms with Crippen LogP contribution >= 0.6 is 0 Å². The number of nitrogens with one attached hydrogen (secondary N) is 1. The van der Waals surface area contributed by atoms with Crippen molar-refractivity contribution in [3.05, 3.63) is 70.9 Å². The van der Waals surface area contributed by atoms with Crippen LogP contribution in [-0.4, -0.2) is 39.0 Å². The van der Waals surface area contributed by atoms with Crippen molar-refractivity contribution in [2.45, 2.75) is 57.7 Å². The zero-order chi connectivity index (χ0) is 23.1. The Labute approximate surface area is 200 Å². The number of benzene rings is 2. The smallest absolute Gasteiger partial charge is 0.0992 e. The Morgan fingerprint density at radius 1 is 1.09 bits per heavy atom. The number of fused-ring (bicyclic) bond motifs is 3. The van der Waals surface area contributed by atoms with Crippen molar-refractivity contribution in [2.75, 3.05) is 18.4 Å². The van der Waals surface area contributed by atoms with Crippen molar-refractivity contribution >= 4 is 11.3 Å². The van der Waals surface area contributed by atoms with Crippen LogP contribution in [-0.2, 0) is 6.54 Å². The lowest BCUT2D eigenvalue weighted by Crippen LogP contribution is -2.42. The van der Waals surface area contributed by atoms with Crippen LogP contribution in [0.3, 0.4) is 0 Å². The molecule has 3 aliphatic rings. The van der Waals surface area contributed by atoms with Crippen molar-refractivity contribution < 1.29 is 0 Å². The molecule has 0 saturated heterocycles. The summed E-state index contributed by atoms with van der Waals surface area (Å²) in [5.74, 6) is 0. The molecule has 6 nitrogen and oxygen atoms in total. The first-order valence-corrected chi connectivity index (χ1v) is 12.4. The first-order valence-electron chi connectivity index (χ1n) is 12.4. The summed E-state index contributed by atoms with van der Waals surface area (Å²) in [6, 6.07) is 17.9. The average molecular weight is 451 g/mol. The topological polar surface area (TPSA) is 69.8 Å². The minimum atomic E-state index is 0.126. The van der Waals surface area contributed by atoms with E-state index in [0.717, 1.165) is 55.6 Å². The Bertz CT molecular complexity index is 1290. The maximum Gasteiger partial charge on any atom is 0.0992 e. The zero-order valence-electron chi connectivity index (χ0n) is 19.7. The van der Waals surface area contributed by atoms with E-state index < -0.39 is 0 Å². The summed E-state index contributed by atoms with van der Waals surface area (Å²) in [6.07, 6.45) is 8.57. The van der Waals surface area contributed by atoms with E-state index >= 15 is 0 Å². The summed E-state index contributed by atoms with van der Waals surface area (Å²) in [7, 11) is 0. The van der Waals surface area contributed by atoms with Gasteiger partial charge in [0.05, 0.1) is 29.1 Å². The molecular formula is C28H30N6. The standard InChI is InChI=1S/C28H30N6/c1-19-28-25-9-8-22(21-10-13-33(14-11-21)24-6-3-7-24)17-26(25)27(12-15-34(28)32-31-19)30-23-5-2-4-20(16-23)18-29/h2,4-5,8-10,16-17,24,27,30H,3,6-7,11-15H2,1H3. The number of hydrogen-bond donors (Lipinski definition) is 1. The molecule has 172 valence electrons. The molecule has 34 heavy (non-hydrogen) atoms. The summed E-state index contributed by atoms with van der Waals surface area (Å²) in [5, 5.41) is 21.8. The minimum Gasteiger partial charge on any atom is -0.378 e. The third-order valence-corrected chi connectivity index (χ3v) is 7.75. The van der Waals surface area contributed by atoms with Gasteiger partial charge in [-0.2, -0.15) is 5.26 Å². The molecule has 0 amide bonds. The van der Waals surface area contributed by atoms with Crippen LogP contribution in [0.15, 0.2) is 48.5 Å². The fourth-order valence-electron chi connectivity index (χ4n) is 5.62. The molecule has 0 spiro atoms. The van der Waals surface area contributed by atoms with E-state index in [1.54, 1.807) is 0 Å². The molecule has 1 atom stereocenters. The van der Waals surface area contributed by atoms with Crippen molar-refractivity contribution in [1.82, 2.24) is 19.9 Å². The quantitative estimate of drug-likeness (QED) is 0.582. The van der Waals surface area contributed by atoms with Crippen LogP contribution in [0, 0.1) is 18.3 Å². The van der Waals surface area contributed by atoms with Gasteiger partial charge in [-0.25, -0.2) is 4.68 Å². The summed E-state index contributed by atoms with van der Waals surface area (Å²) in [5.41, 5.74) is 8.99. The molecule has 1 unspecified atom stereocenters. The number of aromatic nitrogens is 3. The van der Waals surface area contributed by atoms with Crippen molar-refractivity contribution in [2.24, 2.45) is 0 Å². The highest BCUT2D eigenvalue weighted by molar-refractivity contribution is 5.75. The SMILES string of the molecule is Cc1nnn2c1-c1ccc(C3=CCN(C4CCC4)CC3)cc1C(Nc1cccc(C#N)c1)CC2. The maximum atomic E-state index is 9.34. The van der Waals surface area contributed by atoms with Crippen molar-refractivity contribution in [3.63, 3.8) is 0 Å². The lowest BCUT2D eigenvalue weighted by molar-refractivity contribution is 0.141. The number of aryl methyl sites for hydroxylation is 2. The Kier molecular flexibility index (Phi) is 5.43. The number of rotatable bonds is 4. The van der Waals surface area contributed by atoms with Crippen LogP contribution in [0.5, 0.6) is 0 Å². The fourth-order valence-corrected chi connectivity index (χ4v) is 5.62. The van der Waals surface area contributed by atoms with Gasteiger partial charge in [-0.05, 0) is 73.6 Å². The van der Waals surface area contributed by atoms with Gasteiger partial charge in [-0.3, -0.25) is 4.90 Å². The Morgan fingerprint density at radius 3 is 2.76 bits per heavy atom. The van der Waals surface area contributed by atoms with E-state index in [1.165, 1.54) is 41.5 Å². The minimum absolute atomic E-state index is 0.126. The van der Waals surface area contributed by atoms with Gasteiger partial charge < -0.3 is 5.32 Å². The number of nitriles is 1. The van der Waals surface area contributed by atoms with E-state index in [-0.39, 0.29) is 6.04 Å². The molecule has 1 N–H and O–H groups in total. The highest BCUT2D eigenvalue weighted by Crippen LogP contribution is 2.39. The molecule has 0 radical (unpaired) electrons. The van der Waals surface area contributed by atoms with Gasteiger partial charge in [-0.15, -0.1) is 5.10 Å². The summed E-state index contributed by atoms with van der Waals surface area (Å²) in [6.45, 7) is 5.07. The van der Waals surface area contributed by atoms with Gasteiger partial charge in [0, 0.05) is 36.9 Å². The third-order valence-electron chi connectivity index (χ3n) is 7.75. The van der Waals surface area contributed by atoms with Gasteiger partial charge in [0.1, 0.15) is 0 Å². The van der Waals surface area contributed by atoms with Gasteiger partial charge >= 0.3 is 0 Å². The zero-order valence-corrected chi connectivity index (χ0v) is 19.7. The first-order chi connectivity index (χ1) is 16.7. The summed E-state index contributed by atoms with van der Waals surface area (Å²) >= 11 is 0. The molecule has 2 aromatic carbocycles. The number of anilines is 1. The number of hydrogen-bond acceptors (Lipinski definition) is 5. The van der Waals surface area contributed by atoms with Gasteiger partial charge in [0.15, 0.2) is 0 Å². The molecule has 6 heteroatoms. The molecule has 1 aliphatic carbocycles. The highest BCUT2D eigenvalue weighted by atomic mass is 15.4. The molecule has 1 aromatic heterocycles. The van der Waals surface area contributed by atoms with Gasteiger partial charge in [-0.1, -0.05) is 35.9 Å². The Balaban J connectivity index is 1.36. The third kappa shape index (κ3) is 3.80. The second kappa shape index (κ2) is 8.73. The van der Waals surface area contributed by atoms with Crippen LogP contribution in [0.4, 0.5) is 5.69 Å². The Hall–Kier alpha value is -3.43. The molecule has 3 heterocycles. The van der Waals surface area contributed by atoms with Gasteiger partial charge in [0.25, 0.3) is 0 Å². The second-order valence-electron chi connectivity index (χ2n) is 9.79. The molecular weight excluding hydrogens is 420 g/mol. The van der Waals surface area contributed by atoms with Gasteiger partial charge in [0.2, 0.25) is 0 Å². The van der Waals surface area contributed by atoms with Crippen LogP contribution in [0.1, 0.15) is 60.5 Å². The molecule has 6 rings (SSSR count). The molecule has 1 saturated carbocycles. The van der Waals surface area contributed by atoms with E-state index in [0.29, 0.717) is 5.56 Å². The number of nitrogens with zero attached hydrogens (tertiary/aromatic N) is 5. The lowest BCUT2D eigenvalue weighted by Gasteiger charge is -2.39. The molecule has 1 fully saturated rings. The Morgan fingerprint density at radius 2 is 2.00 bits per heavy atom. The average Bonchev–Trinajstić information content (AvgIpc) is 3.13. The van der Waals surface area contributed by atoms with Crippen LogP contribution in [0.25, 0.3) is 16.8 Å². The summed E-state index contributed by atoms with van der Waals surface area (Å²) < 4.78 is 2.04. The predicted octanol–water partition coefficient (Wildman–Crippen LogP) is 5.32. The molecule has 2 aliphatic heterocycles. The monoisotopic (exact) mass is 450 g/mol. The second-order valence-corrected chi connectivity index (χ2v) is 9.79. The largest absolute Gasteiger partial charge is 0.378 e. The van der Waals surface area contributed by atoms with Crippen molar-refractivity contribution in [1.29, 1.82) is 5.26 Å². The van der Waals surface area contributed by atoms with E-state index in [4.69, 9.17) is 0 Å². The summed E-state index contributed by atoms with van der Waals surface area (Å²) in [4.78, 5) is 2.65.